The average Bonchev–Trinajstić information content (AvgIpc) is 1.82. The van der Waals surface area contributed by atoms with E-state index < -0.39 is 0 Å². The first-order valence-electron chi connectivity index (χ1n) is 3.45. The van der Waals surface area contributed by atoms with E-state index in [2.05, 4.69) is 18.3 Å². The Kier molecular flexibility index (Phi) is 2.04. The van der Waals surface area contributed by atoms with E-state index in [1.807, 2.05) is 6.08 Å². The molecule has 0 aromatic heterocycles. The molecule has 2 unspecified atom stereocenters. The van der Waals surface area contributed by atoms with Crippen LogP contribution >= 0.6 is 0 Å². The molecule has 0 bridgehead atoms. The third-order valence-electron chi connectivity index (χ3n) is 2.08. The molecule has 1 rings (SSSR count). The monoisotopic (exact) mass is 123 g/mol. The zero-order valence-electron chi connectivity index (χ0n) is 5.71. The second-order valence-electron chi connectivity index (χ2n) is 2.61. The van der Waals surface area contributed by atoms with E-state index >= 15 is 0 Å². The summed E-state index contributed by atoms with van der Waals surface area (Å²) in [4.78, 5) is 4.00. The summed E-state index contributed by atoms with van der Waals surface area (Å²) in [6.45, 7) is 7.22. The molecule has 1 saturated carbocycles. The lowest BCUT2D eigenvalue weighted by Gasteiger charge is -2.32. The van der Waals surface area contributed by atoms with Crippen LogP contribution in [0.25, 0.3) is 0 Å². The van der Waals surface area contributed by atoms with E-state index in [0.717, 1.165) is 12.3 Å². The van der Waals surface area contributed by atoms with Gasteiger partial charge in [0, 0.05) is 0 Å². The summed E-state index contributed by atoms with van der Waals surface area (Å²) < 4.78 is 0. The van der Waals surface area contributed by atoms with Gasteiger partial charge in [0.05, 0.1) is 6.04 Å². The fourth-order valence-electron chi connectivity index (χ4n) is 1.28. The van der Waals surface area contributed by atoms with Crippen LogP contribution in [0.4, 0.5) is 0 Å². The molecule has 0 N–H and O–H groups in total. The highest BCUT2D eigenvalue weighted by molar-refractivity contribution is 5.25. The first-order valence-corrected chi connectivity index (χ1v) is 3.45. The number of nitrogens with zero attached hydrogens (tertiary/aromatic N) is 1. The minimum atomic E-state index is 0.544. The zero-order chi connectivity index (χ0) is 6.69. The molecule has 0 radical (unpaired) electrons. The lowest BCUT2D eigenvalue weighted by molar-refractivity contribution is 0.263. The third-order valence-corrected chi connectivity index (χ3v) is 2.08. The van der Waals surface area contributed by atoms with Crippen LogP contribution in [-0.2, 0) is 0 Å². The highest BCUT2D eigenvalue weighted by Gasteiger charge is 2.27. The maximum Gasteiger partial charge on any atom is 0.0523 e. The fourth-order valence-corrected chi connectivity index (χ4v) is 1.28. The van der Waals surface area contributed by atoms with Gasteiger partial charge >= 0.3 is 0 Å². The maximum atomic E-state index is 4.00. The van der Waals surface area contributed by atoms with Crippen LogP contribution in [0.2, 0.25) is 0 Å². The Labute approximate surface area is 56.5 Å². The van der Waals surface area contributed by atoms with Gasteiger partial charge in [-0.1, -0.05) is 6.08 Å². The topological polar surface area (TPSA) is 12.4 Å². The number of hydrogen-bond donors (Lipinski definition) is 0. The second-order valence-corrected chi connectivity index (χ2v) is 2.61. The summed E-state index contributed by atoms with van der Waals surface area (Å²) in [5, 5.41) is 0. The Morgan fingerprint density at radius 2 is 2.33 bits per heavy atom. The molecule has 0 saturated heterocycles. The van der Waals surface area contributed by atoms with Crippen LogP contribution in [0.3, 0.4) is 0 Å². The largest absolute Gasteiger partial charge is 0.297 e. The molecule has 2 atom stereocenters. The van der Waals surface area contributed by atoms with Gasteiger partial charge in [0.2, 0.25) is 0 Å². The quantitative estimate of drug-likeness (QED) is 0.402. The molecule has 0 aliphatic heterocycles. The Balaban J connectivity index is 2.26. The van der Waals surface area contributed by atoms with Crippen molar-refractivity contribution in [2.24, 2.45) is 10.9 Å². The number of hydrogen-bond acceptors (Lipinski definition) is 1. The smallest absolute Gasteiger partial charge is 0.0523 e. The molecule has 0 heterocycles. The molecule has 0 aromatic rings. The number of allylic oxidation sites excluding steroid dienone is 1. The standard InChI is InChI=1S/C8H13N/c1-3-4-7-5-6-8(7)9-2/h3,7-8H,1-2,4-6H2. The zero-order valence-corrected chi connectivity index (χ0v) is 5.71. The van der Waals surface area contributed by atoms with E-state index in [0.29, 0.717) is 6.04 Å². The molecular weight excluding hydrogens is 110 g/mol. The van der Waals surface area contributed by atoms with Crippen LogP contribution < -0.4 is 0 Å². The second kappa shape index (κ2) is 2.81. The van der Waals surface area contributed by atoms with Gasteiger partial charge in [0.25, 0.3) is 0 Å². The Bertz CT molecular complexity index is 118. The molecule has 1 nitrogen and oxygen atoms in total. The number of aliphatic imine (C=N–C) groups is 1. The van der Waals surface area contributed by atoms with Crippen molar-refractivity contribution in [1.82, 2.24) is 0 Å². The molecule has 1 fully saturated rings. The summed E-state index contributed by atoms with van der Waals surface area (Å²) in [5.41, 5.74) is 0. The molecule has 0 spiro atoms. The van der Waals surface area contributed by atoms with E-state index in [-0.39, 0.29) is 0 Å². The predicted octanol–water partition coefficient (Wildman–Crippen LogP) is 2.04. The van der Waals surface area contributed by atoms with Gasteiger partial charge in [0.15, 0.2) is 0 Å². The van der Waals surface area contributed by atoms with Crippen LogP contribution in [0.15, 0.2) is 17.6 Å². The molecule has 1 aliphatic carbocycles. The van der Waals surface area contributed by atoms with Crippen molar-refractivity contribution >= 4 is 6.72 Å². The number of rotatable bonds is 3. The molecule has 50 valence electrons. The summed E-state index contributed by atoms with van der Waals surface area (Å²) in [6, 6.07) is 0.544. The Hall–Kier alpha value is -0.590. The van der Waals surface area contributed by atoms with Gasteiger partial charge in [0.1, 0.15) is 0 Å². The van der Waals surface area contributed by atoms with Crippen LogP contribution in [0.5, 0.6) is 0 Å². The van der Waals surface area contributed by atoms with Crippen molar-refractivity contribution in [1.29, 1.82) is 0 Å². The van der Waals surface area contributed by atoms with E-state index in [1.165, 1.54) is 12.8 Å². The highest BCUT2D eigenvalue weighted by Crippen LogP contribution is 2.32. The molecule has 0 aromatic carbocycles. The van der Waals surface area contributed by atoms with Gasteiger partial charge in [-0.3, -0.25) is 4.99 Å². The normalized spacial score (nSPS) is 32.9. The first kappa shape index (κ1) is 6.53. The molecule has 0 amide bonds. The Morgan fingerprint density at radius 3 is 2.67 bits per heavy atom. The van der Waals surface area contributed by atoms with Gasteiger partial charge < -0.3 is 0 Å². The van der Waals surface area contributed by atoms with Gasteiger partial charge in [-0.05, 0) is 31.9 Å². The summed E-state index contributed by atoms with van der Waals surface area (Å²) in [6.07, 6.45) is 5.64. The van der Waals surface area contributed by atoms with Crippen molar-refractivity contribution in [2.75, 3.05) is 0 Å². The van der Waals surface area contributed by atoms with E-state index in [1.54, 1.807) is 0 Å². The average molecular weight is 123 g/mol. The van der Waals surface area contributed by atoms with Crippen LogP contribution in [0, 0.1) is 5.92 Å². The molecular formula is C8H13N. The van der Waals surface area contributed by atoms with Gasteiger partial charge in [-0.2, -0.15) is 0 Å². The minimum absolute atomic E-state index is 0.544. The lowest BCUT2D eigenvalue weighted by Crippen LogP contribution is -2.28. The van der Waals surface area contributed by atoms with Gasteiger partial charge in [-0.25, -0.2) is 0 Å². The van der Waals surface area contributed by atoms with Crippen molar-refractivity contribution < 1.29 is 0 Å². The van der Waals surface area contributed by atoms with Crippen molar-refractivity contribution in [3.8, 4) is 0 Å². The first-order chi connectivity index (χ1) is 4.38. The van der Waals surface area contributed by atoms with E-state index in [9.17, 15) is 0 Å². The van der Waals surface area contributed by atoms with Crippen molar-refractivity contribution in [3.05, 3.63) is 12.7 Å². The minimum Gasteiger partial charge on any atom is -0.297 e. The predicted molar refractivity (Wildman–Crippen MR) is 40.9 cm³/mol. The lowest BCUT2D eigenvalue weighted by atomic mass is 9.78. The molecule has 1 heteroatoms. The van der Waals surface area contributed by atoms with Crippen molar-refractivity contribution in [2.45, 2.75) is 25.3 Å². The SMILES string of the molecule is C=CCC1CCC1N=C. The van der Waals surface area contributed by atoms with Crippen LogP contribution in [0.1, 0.15) is 19.3 Å². The molecule has 9 heavy (non-hydrogen) atoms. The Morgan fingerprint density at radius 1 is 1.56 bits per heavy atom. The van der Waals surface area contributed by atoms with E-state index in [4.69, 9.17) is 0 Å². The highest BCUT2D eigenvalue weighted by atomic mass is 14.8. The fraction of sp³-hybridized carbons (Fsp3) is 0.625. The third kappa shape index (κ3) is 1.21. The summed E-state index contributed by atoms with van der Waals surface area (Å²) in [5.74, 6) is 0.764. The summed E-state index contributed by atoms with van der Waals surface area (Å²) in [7, 11) is 0. The molecule has 1 aliphatic rings. The van der Waals surface area contributed by atoms with Gasteiger partial charge in [-0.15, -0.1) is 6.58 Å². The van der Waals surface area contributed by atoms with Crippen LogP contribution in [-0.4, -0.2) is 12.8 Å². The maximum absolute atomic E-state index is 4.00. The van der Waals surface area contributed by atoms with Crippen molar-refractivity contribution in [3.63, 3.8) is 0 Å². The summed E-state index contributed by atoms with van der Waals surface area (Å²) >= 11 is 0.